The number of amides is 2. The Morgan fingerprint density at radius 1 is 0.794 bits per heavy atom. The van der Waals surface area contributed by atoms with Crippen LogP contribution in [0, 0.1) is 0 Å². The average molecular weight is 515 g/mol. The lowest BCUT2D eigenvalue weighted by Crippen LogP contribution is -2.30. The predicted molar refractivity (Wildman–Crippen MR) is 121 cm³/mol. The summed E-state index contributed by atoms with van der Waals surface area (Å²) < 4.78 is 60.1. The van der Waals surface area contributed by atoms with Crippen molar-refractivity contribution in [2.45, 2.75) is 6.42 Å². The predicted octanol–water partition coefficient (Wildman–Crippen LogP) is 0.972. The molecule has 2 rings (SSSR count). The molecule has 0 unspecified atom stereocenters. The molecule has 0 bridgehead atoms. The van der Waals surface area contributed by atoms with Gasteiger partial charge in [0.1, 0.15) is 5.75 Å². The Balaban J connectivity index is 1.96. The fraction of sp³-hybridized carbons (Fsp3) is 0.263. The number of rotatable bonds is 11. The van der Waals surface area contributed by atoms with Crippen LogP contribution in [0.5, 0.6) is 5.75 Å². The number of azo groups is 1. The third-order valence-corrected chi connectivity index (χ3v) is 5.57. The van der Waals surface area contributed by atoms with Crippen molar-refractivity contribution in [1.82, 2.24) is 10.6 Å². The van der Waals surface area contributed by atoms with E-state index in [9.17, 15) is 31.5 Å². The molecule has 34 heavy (non-hydrogen) atoms. The zero-order chi connectivity index (χ0) is 25.4. The number of phenols is 1. The van der Waals surface area contributed by atoms with Crippen molar-refractivity contribution < 1.29 is 40.6 Å². The van der Waals surface area contributed by atoms with Gasteiger partial charge in [0.15, 0.2) is 0 Å². The van der Waals surface area contributed by atoms with E-state index >= 15 is 0 Å². The van der Waals surface area contributed by atoms with Crippen LogP contribution in [-0.4, -0.2) is 67.5 Å². The second-order valence-corrected chi connectivity index (χ2v) is 10.1. The Hall–Kier alpha value is -3.40. The summed E-state index contributed by atoms with van der Waals surface area (Å²) in [5.74, 6) is -2.81. The molecule has 0 heterocycles. The first-order valence-corrected chi connectivity index (χ1v) is 12.8. The molecule has 0 fully saturated rings. The van der Waals surface area contributed by atoms with Gasteiger partial charge in [-0.1, -0.05) is 12.1 Å². The minimum atomic E-state index is -4.24. The molecule has 0 aliphatic rings. The van der Waals surface area contributed by atoms with E-state index in [-0.39, 0.29) is 36.5 Å². The highest BCUT2D eigenvalue weighted by molar-refractivity contribution is 7.86. The second-order valence-electron chi connectivity index (χ2n) is 6.92. The smallest absolute Gasteiger partial charge is 0.266 e. The van der Waals surface area contributed by atoms with Gasteiger partial charge in [-0.15, -0.1) is 0 Å². The Kier molecular flexibility index (Phi) is 9.19. The van der Waals surface area contributed by atoms with E-state index in [1.807, 2.05) is 0 Å². The van der Waals surface area contributed by atoms with Crippen molar-refractivity contribution >= 4 is 43.4 Å². The van der Waals surface area contributed by atoms with Crippen LogP contribution in [0.15, 0.2) is 52.7 Å². The third kappa shape index (κ3) is 10.0. The summed E-state index contributed by atoms with van der Waals surface area (Å²) in [5, 5.41) is 22.5. The SMILES string of the molecule is O=C(Cc1ccc(N=Nc2ccc(O)c(C(=O)NCCS(=O)(=O)O)c2)cc1)NCCS(=O)(=O)O. The van der Waals surface area contributed by atoms with Crippen LogP contribution >= 0.6 is 0 Å². The van der Waals surface area contributed by atoms with Gasteiger partial charge in [0.2, 0.25) is 5.91 Å². The highest BCUT2D eigenvalue weighted by Crippen LogP contribution is 2.25. The van der Waals surface area contributed by atoms with Crippen LogP contribution in [0.3, 0.4) is 0 Å². The van der Waals surface area contributed by atoms with Gasteiger partial charge in [-0.25, -0.2) is 0 Å². The number of benzene rings is 2. The summed E-state index contributed by atoms with van der Waals surface area (Å²) in [5.41, 5.74) is 1.10. The molecule has 13 nitrogen and oxygen atoms in total. The lowest BCUT2D eigenvalue weighted by atomic mass is 10.1. The number of hydrogen-bond acceptors (Lipinski definition) is 9. The maximum absolute atomic E-state index is 12.1. The van der Waals surface area contributed by atoms with Crippen molar-refractivity contribution in [3.05, 3.63) is 53.6 Å². The fourth-order valence-electron chi connectivity index (χ4n) is 2.52. The highest BCUT2D eigenvalue weighted by atomic mass is 32.2. The molecular formula is C19H22N4O9S2. The van der Waals surface area contributed by atoms with Crippen molar-refractivity contribution in [3.8, 4) is 5.75 Å². The first-order chi connectivity index (χ1) is 15.8. The van der Waals surface area contributed by atoms with Crippen molar-refractivity contribution in [1.29, 1.82) is 0 Å². The molecule has 0 aliphatic heterocycles. The topological polar surface area (TPSA) is 212 Å². The number of aromatic hydroxyl groups is 1. The molecule has 0 aromatic heterocycles. The molecule has 184 valence electrons. The Labute approximate surface area is 195 Å². The van der Waals surface area contributed by atoms with Gasteiger partial charge >= 0.3 is 0 Å². The second kappa shape index (κ2) is 11.6. The monoisotopic (exact) mass is 514 g/mol. The van der Waals surface area contributed by atoms with E-state index in [1.54, 1.807) is 24.3 Å². The van der Waals surface area contributed by atoms with E-state index in [2.05, 4.69) is 20.9 Å². The molecule has 0 spiro atoms. The van der Waals surface area contributed by atoms with Crippen LogP contribution in [0.1, 0.15) is 15.9 Å². The van der Waals surface area contributed by atoms with Gasteiger partial charge in [-0.3, -0.25) is 18.7 Å². The molecule has 0 aliphatic carbocycles. The van der Waals surface area contributed by atoms with E-state index in [0.29, 0.717) is 11.3 Å². The Bertz CT molecular complexity index is 1280. The molecule has 2 aromatic rings. The first-order valence-electron chi connectivity index (χ1n) is 9.61. The van der Waals surface area contributed by atoms with Gasteiger partial charge in [0.05, 0.1) is 34.9 Å². The normalized spacial score (nSPS) is 11.9. The summed E-state index contributed by atoms with van der Waals surface area (Å²) in [6.45, 7) is -0.565. The summed E-state index contributed by atoms with van der Waals surface area (Å²) in [6, 6.07) is 10.2. The van der Waals surface area contributed by atoms with Crippen LogP contribution in [0.25, 0.3) is 0 Å². The number of phenolic OH excluding ortho intramolecular Hbond substituents is 1. The quantitative estimate of drug-likeness (QED) is 0.213. The molecule has 2 amide bonds. The van der Waals surface area contributed by atoms with E-state index < -0.39 is 43.6 Å². The molecule has 5 N–H and O–H groups in total. The number of carbonyl (C=O) groups is 2. The van der Waals surface area contributed by atoms with Crippen molar-refractivity contribution in [3.63, 3.8) is 0 Å². The van der Waals surface area contributed by atoms with Crippen LogP contribution in [-0.2, 0) is 31.5 Å². The zero-order valence-electron chi connectivity index (χ0n) is 17.6. The maximum atomic E-state index is 12.1. The molecule has 0 saturated carbocycles. The lowest BCUT2D eigenvalue weighted by Gasteiger charge is -2.06. The zero-order valence-corrected chi connectivity index (χ0v) is 19.2. The number of nitrogens with one attached hydrogen (secondary N) is 2. The number of hydrogen-bond donors (Lipinski definition) is 5. The molecule has 2 aromatic carbocycles. The molecule has 0 radical (unpaired) electrons. The highest BCUT2D eigenvalue weighted by Gasteiger charge is 2.13. The standard InChI is InChI=1S/C19H22N4O9S2/c24-17-6-5-15(12-16(17)19(26)21-8-10-34(30,31)32)23-22-14-3-1-13(2-4-14)11-18(25)20-7-9-33(27,28)29/h1-6,12,24H,7-11H2,(H,20,25)(H,21,26)(H,27,28,29)(H,30,31,32). The molecule has 0 atom stereocenters. The summed E-state index contributed by atoms with van der Waals surface area (Å²) in [7, 11) is -8.40. The van der Waals surface area contributed by atoms with Crippen molar-refractivity contribution in [2.24, 2.45) is 10.2 Å². The number of carbonyl (C=O) groups excluding carboxylic acids is 2. The first kappa shape index (κ1) is 26.8. The van der Waals surface area contributed by atoms with Gasteiger partial charge in [0.25, 0.3) is 26.1 Å². The third-order valence-electron chi connectivity index (χ3n) is 4.13. The van der Waals surface area contributed by atoms with Gasteiger partial charge < -0.3 is 15.7 Å². The molecule has 15 heteroatoms. The Morgan fingerprint density at radius 2 is 1.32 bits per heavy atom. The fourth-order valence-corrected chi connectivity index (χ4v) is 3.24. The van der Waals surface area contributed by atoms with Crippen LogP contribution < -0.4 is 10.6 Å². The lowest BCUT2D eigenvalue weighted by molar-refractivity contribution is -0.120. The minimum absolute atomic E-state index is 0.0169. The number of nitrogens with zero attached hydrogens (tertiary/aromatic N) is 2. The van der Waals surface area contributed by atoms with Gasteiger partial charge in [-0.05, 0) is 35.9 Å². The maximum Gasteiger partial charge on any atom is 0.266 e. The van der Waals surface area contributed by atoms with E-state index in [0.717, 1.165) is 0 Å². The summed E-state index contributed by atoms with van der Waals surface area (Å²) >= 11 is 0. The molecular weight excluding hydrogens is 492 g/mol. The van der Waals surface area contributed by atoms with Crippen LogP contribution in [0.4, 0.5) is 11.4 Å². The van der Waals surface area contributed by atoms with Gasteiger partial charge in [0, 0.05) is 13.1 Å². The summed E-state index contributed by atoms with van der Waals surface area (Å²) in [6.07, 6.45) is -0.0169. The largest absolute Gasteiger partial charge is 0.507 e. The van der Waals surface area contributed by atoms with E-state index in [4.69, 9.17) is 9.11 Å². The minimum Gasteiger partial charge on any atom is -0.507 e. The van der Waals surface area contributed by atoms with Crippen molar-refractivity contribution in [2.75, 3.05) is 24.6 Å². The van der Waals surface area contributed by atoms with Crippen LogP contribution in [0.2, 0.25) is 0 Å². The van der Waals surface area contributed by atoms with Gasteiger partial charge in [-0.2, -0.15) is 27.1 Å². The molecule has 0 saturated heterocycles. The average Bonchev–Trinajstić information content (AvgIpc) is 2.72. The summed E-state index contributed by atoms with van der Waals surface area (Å²) in [4.78, 5) is 23.9. The Morgan fingerprint density at radius 3 is 1.91 bits per heavy atom. The van der Waals surface area contributed by atoms with E-state index in [1.165, 1.54) is 18.2 Å².